The Morgan fingerprint density at radius 1 is 1.27 bits per heavy atom. The molecule has 0 unspecified atom stereocenters. The highest BCUT2D eigenvalue weighted by atomic mass is 16.1. The van der Waals surface area contributed by atoms with Gasteiger partial charge in [0.15, 0.2) is 0 Å². The van der Waals surface area contributed by atoms with Crippen molar-refractivity contribution in [2.45, 2.75) is 44.2 Å². The summed E-state index contributed by atoms with van der Waals surface area (Å²) in [6.45, 7) is 2.01. The molecule has 0 aromatic heterocycles. The first kappa shape index (κ1) is 10.9. The van der Waals surface area contributed by atoms with Gasteiger partial charge >= 0.3 is 0 Å². The molecule has 0 atom stereocenters. The summed E-state index contributed by atoms with van der Waals surface area (Å²) in [5, 5.41) is 6.30. The standard InChI is InChI=1S/C11H21N3O/c12-9-1-3-10(4-2-9)14-11(15)5-8-6-13-7-8/h8-10,13H,1-7,12H2,(H,14,15). The van der Waals surface area contributed by atoms with Crippen molar-refractivity contribution in [3.63, 3.8) is 0 Å². The number of rotatable bonds is 3. The number of amides is 1. The molecule has 0 radical (unpaired) electrons. The van der Waals surface area contributed by atoms with Gasteiger partial charge in [-0.3, -0.25) is 4.79 Å². The SMILES string of the molecule is NC1CCC(NC(=O)CC2CNC2)CC1. The lowest BCUT2D eigenvalue weighted by Crippen LogP contribution is -2.46. The van der Waals surface area contributed by atoms with Crippen molar-refractivity contribution in [3.8, 4) is 0 Å². The molecular weight excluding hydrogens is 190 g/mol. The summed E-state index contributed by atoms with van der Waals surface area (Å²) in [6.07, 6.45) is 4.90. The third-order valence-corrected chi connectivity index (χ3v) is 3.48. The molecule has 86 valence electrons. The van der Waals surface area contributed by atoms with Gasteiger partial charge in [0.25, 0.3) is 0 Å². The Balaban J connectivity index is 1.64. The molecule has 0 aromatic rings. The number of hydrogen-bond acceptors (Lipinski definition) is 3. The van der Waals surface area contributed by atoms with Crippen LogP contribution in [0.1, 0.15) is 32.1 Å². The van der Waals surface area contributed by atoms with Crippen molar-refractivity contribution >= 4 is 5.91 Å². The molecule has 1 heterocycles. The van der Waals surface area contributed by atoms with Crippen LogP contribution in [-0.2, 0) is 4.79 Å². The van der Waals surface area contributed by atoms with E-state index >= 15 is 0 Å². The molecule has 4 nitrogen and oxygen atoms in total. The van der Waals surface area contributed by atoms with Gasteiger partial charge in [-0.25, -0.2) is 0 Å². The predicted octanol–water partition coefficient (Wildman–Crippen LogP) is -0.0180. The minimum atomic E-state index is 0.224. The van der Waals surface area contributed by atoms with E-state index in [4.69, 9.17) is 5.73 Å². The van der Waals surface area contributed by atoms with Crippen LogP contribution in [0.2, 0.25) is 0 Å². The van der Waals surface area contributed by atoms with Crippen molar-refractivity contribution in [2.75, 3.05) is 13.1 Å². The van der Waals surface area contributed by atoms with Gasteiger partial charge in [0.1, 0.15) is 0 Å². The smallest absolute Gasteiger partial charge is 0.220 e. The maximum atomic E-state index is 11.6. The zero-order chi connectivity index (χ0) is 10.7. The van der Waals surface area contributed by atoms with Crippen LogP contribution in [0.5, 0.6) is 0 Å². The van der Waals surface area contributed by atoms with Crippen molar-refractivity contribution in [1.82, 2.24) is 10.6 Å². The van der Waals surface area contributed by atoms with Crippen LogP contribution in [0.4, 0.5) is 0 Å². The Bertz CT molecular complexity index is 220. The number of nitrogens with one attached hydrogen (secondary N) is 2. The molecular formula is C11H21N3O. The maximum Gasteiger partial charge on any atom is 0.220 e. The lowest BCUT2D eigenvalue weighted by molar-refractivity contribution is -0.123. The van der Waals surface area contributed by atoms with Crippen molar-refractivity contribution in [1.29, 1.82) is 0 Å². The van der Waals surface area contributed by atoms with Crippen LogP contribution >= 0.6 is 0 Å². The summed E-state index contributed by atoms with van der Waals surface area (Å²) in [5.74, 6) is 0.790. The molecule has 4 N–H and O–H groups in total. The fourth-order valence-electron chi connectivity index (χ4n) is 2.31. The topological polar surface area (TPSA) is 67.1 Å². The van der Waals surface area contributed by atoms with E-state index in [1.807, 2.05) is 0 Å². The lowest BCUT2D eigenvalue weighted by Gasteiger charge is -2.29. The first-order valence-electron chi connectivity index (χ1n) is 5.99. The van der Waals surface area contributed by atoms with Gasteiger partial charge in [-0.2, -0.15) is 0 Å². The molecule has 0 bridgehead atoms. The fourth-order valence-corrected chi connectivity index (χ4v) is 2.31. The largest absolute Gasteiger partial charge is 0.353 e. The van der Waals surface area contributed by atoms with Gasteiger partial charge in [-0.1, -0.05) is 0 Å². The average molecular weight is 211 g/mol. The summed E-state index contributed by atoms with van der Waals surface area (Å²) in [7, 11) is 0. The quantitative estimate of drug-likeness (QED) is 0.614. The van der Waals surface area contributed by atoms with E-state index in [0.29, 0.717) is 24.4 Å². The molecule has 1 aliphatic heterocycles. The summed E-state index contributed by atoms with van der Waals surface area (Å²) in [6, 6.07) is 0.735. The molecule has 4 heteroatoms. The molecule has 2 aliphatic rings. The highest BCUT2D eigenvalue weighted by molar-refractivity contribution is 5.76. The van der Waals surface area contributed by atoms with Crippen molar-refractivity contribution in [3.05, 3.63) is 0 Å². The Hall–Kier alpha value is -0.610. The molecule has 2 rings (SSSR count). The van der Waals surface area contributed by atoms with E-state index in [-0.39, 0.29) is 5.91 Å². The highest BCUT2D eigenvalue weighted by Crippen LogP contribution is 2.17. The third kappa shape index (κ3) is 3.18. The number of carbonyl (C=O) groups is 1. The van der Waals surface area contributed by atoms with Gasteiger partial charge < -0.3 is 16.4 Å². The van der Waals surface area contributed by atoms with E-state index in [1.54, 1.807) is 0 Å². The Morgan fingerprint density at radius 3 is 2.47 bits per heavy atom. The zero-order valence-electron chi connectivity index (χ0n) is 9.17. The normalized spacial score (nSPS) is 32.1. The fraction of sp³-hybridized carbons (Fsp3) is 0.909. The highest BCUT2D eigenvalue weighted by Gasteiger charge is 2.23. The first-order valence-corrected chi connectivity index (χ1v) is 5.99. The second-order valence-electron chi connectivity index (χ2n) is 4.91. The van der Waals surface area contributed by atoms with E-state index in [0.717, 1.165) is 38.8 Å². The Labute approximate surface area is 91.0 Å². The molecule has 1 saturated heterocycles. The first-order chi connectivity index (χ1) is 7.24. The molecule has 0 aromatic carbocycles. The van der Waals surface area contributed by atoms with Gasteiger partial charge in [0.05, 0.1) is 0 Å². The summed E-state index contributed by atoms with van der Waals surface area (Å²) >= 11 is 0. The second kappa shape index (κ2) is 4.94. The molecule has 2 fully saturated rings. The second-order valence-corrected chi connectivity index (χ2v) is 4.91. The predicted molar refractivity (Wildman–Crippen MR) is 59.4 cm³/mol. The molecule has 0 spiro atoms. The minimum Gasteiger partial charge on any atom is -0.353 e. The van der Waals surface area contributed by atoms with E-state index in [2.05, 4.69) is 10.6 Å². The van der Waals surface area contributed by atoms with Crippen LogP contribution in [0.15, 0.2) is 0 Å². The summed E-state index contributed by atoms with van der Waals surface area (Å²) < 4.78 is 0. The molecule has 1 saturated carbocycles. The molecule has 15 heavy (non-hydrogen) atoms. The third-order valence-electron chi connectivity index (χ3n) is 3.48. The van der Waals surface area contributed by atoms with Crippen LogP contribution in [0.25, 0.3) is 0 Å². The molecule has 1 amide bonds. The van der Waals surface area contributed by atoms with Gasteiger partial charge in [-0.15, -0.1) is 0 Å². The van der Waals surface area contributed by atoms with Gasteiger partial charge in [-0.05, 0) is 44.7 Å². The van der Waals surface area contributed by atoms with Crippen LogP contribution in [0, 0.1) is 5.92 Å². The lowest BCUT2D eigenvalue weighted by atomic mass is 9.91. The van der Waals surface area contributed by atoms with Crippen molar-refractivity contribution < 1.29 is 4.79 Å². The summed E-state index contributed by atoms with van der Waals surface area (Å²) in [4.78, 5) is 11.6. The molecule has 1 aliphatic carbocycles. The van der Waals surface area contributed by atoms with Crippen molar-refractivity contribution in [2.24, 2.45) is 11.7 Å². The van der Waals surface area contributed by atoms with E-state index in [1.165, 1.54) is 0 Å². The number of hydrogen-bond donors (Lipinski definition) is 3. The Kier molecular flexibility index (Phi) is 3.59. The average Bonchev–Trinajstić information content (AvgIpc) is 2.16. The number of nitrogens with two attached hydrogens (primary N) is 1. The van der Waals surface area contributed by atoms with Gasteiger partial charge in [0, 0.05) is 18.5 Å². The van der Waals surface area contributed by atoms with E-state index < -0.39 is 0 Å². The van der Waals surface area contributed by atoms with Crippen LogP contribution < -0.4 is 16.4 Å². The van der Waals surface area contributed by atoms with Crippen LogP contribution in [-0.4, -0.2) is 31.1 Å². The zero-order valence-corrected chi connectivity index (χ0v) is 9.17. The minimum absolute atomic E-state index is 0.224. The number of carbonyl (C=O) groups excluding carboxylic acids is 1. The maximum absolute atomic E-state index is 11.6. The van der Waals surface area contributed by atoms with E-state index in [9.17, 15) is 4.79 Å². The summed E-state index contributed by atoms with van der Waals surface area (Å²) in [5.41, 5.74) is 5.82. The van der Waals surface area contributed by atoms with Gasteiger partial charge in [0.2, 0.25) is 5.91 Å². The Morgan fingerprint density at radius 2 is 1.93 bits per heavy atom. The monoisotopic (exact) mass is 211 g/mol. The van der Waals surface area contributed by atoms with Crippen LogP contribution in [0.3, 0.4) is 0 Å².